The van der Waals surface area contributed by atoms with Gasteiger partial charge in [-0.15, -0.1) is 0 Å². The van der Waals surface area contributed by atoms with Crippen molar-refractivity contribution in [2.45, 2.75) is 19.9 Å². The molecule has 37 heavy (non-hydrogen) atoms. The maximum absolute atomic E-state index is 13.0. The van der Waals surface area contributed by atoms with Crippen molar-refractivity contribution in [1.82, 2.24) is 24.7 Å². The van der Waals surface area contributed by atoms with E-state index in [1.807, 2.05) is 74.5 Å². The van der Waals surface area contributed by atoms with E-state index in [2.05, 4.69) is 10.4 Å². The minimum Gasteiger partial charge on any atom is -0.492 e. The van der Waals surface area contributed by atoms with Crippen LogP contribution < -0.4 is 15.6 Å². The molecule has 1 amide bonds. The largest absolute Gasteiger partial charge is 0.492 e. The normalized spacial score (nSPS) is 11.1. The molecule has 0 aliphatic rings. The van der Waals surface area contributed by atoms with Gasteiger partial charge in [0.25, 0.3) is 11.5 Å². The molecule has 8 heteroatoms. The summed E-state index contributed by atoms with van der Waals surface area (Å²) in [7, 11) is 0. The highest BCUT2D eigenvalue weighted by Gasteiger charge is 2.20. The third kappa shape index (κ3) is 5.13. The molecular weight excluding hydrogens is 466 g/mol. The maximum Gasteiger partial charge on any atom is 0.267 e. The summed E-state index contributed by atoms with van der Waals surface area (Å²) in [5.74, 6) is 0.540. The Bertz CT molecular complexity index is 1590. The molecule has 186 valence electrons. The van der Waals surface area contributed by atoms with Crippen LogP contribution in [-0.4, -0.2) is 38.5 Å². The Morgan fingerprint density at radius 2 is 1.68 bits per heavy atom. The van der Waals surface area contributed by atoms with E-state index in [0.717, 1.165) is 22.6 Å². The van der Waals surface area contributed by atoms with Gasteiger partial charge in [0.15, 0.2) is 0 Å². The summed E-state index contributed by atoms with van der Waals surface area (Å²) in [4.78, 5) is 25.3. The first-order valence-corrected chi connectivity index (χ1v) is 12.2. The molecule has 0 aliphatic carbocycles. The van der Waals surface area contributed by atoms with E-state index in [1.54, 1.807) is 28.9 Å². The SMILES string of the molecule is CC(C)n1nc(-c2c(-c3ccccc3)nn3ccc(C(=O)NCCOc4ccccc4)cc23)ccc1=O. The number of rotatable bonds is 8. The molecule has 1 N–H and O–H groups in total. The number of fused-ring (bicyclic) bond motifs is 1. The second-order valence-corrected chi connectivity index (χ2v) is 8.85. The van der Waals surface area contributed by atoms with E-state index in [-0.39, 0.29) is 17.5 Å². The van der Waals surface area contributed by atoms with Crippen LogP contribution in [0.4, 0.5) is 0 Å². The highest BCUT2D eigenvalue weighted by molar-refractivity contribution is 5.98. The van der Waals surface area contributed by atoms with Crippen LogP contribution >= 0.6 is 0 Å². The van der Waals surface area contributed by atoms with Gasteiger partial charge in [-0.1, -0.05) is 48.5 Å². The van der Waals surface area contributed by atoms with Crippen LogP contribution in [0.5, 0.6) is 5.75 Å². The van der Waals surface area contributed by atoms with Crippen molar-refractivity contribution >= 4 is 11.4 Å². The highest BCUT2D eigenvalue weighted by Crippen LogP contribution is 2.34. The molecule has 0 atom stereocenters. The number of hydrogen-bond acceptors (Lipinski definition) is 5. The zero-order chi connectivity index (χ0) is 25.8. The Morgan fingerprint density at radius 3 is 2.41 bits per heavy atom. The topological polar surface area (TPSA) is 90.5 Å². The average molecular weight is 494 g/mol. The number of carbonyl (C=O) groups excluding carboxylic acids is 1. The van der Waals surface area contributed by atoms with Crippen LogP contribution in [0.1, 0.15) is 30.2 Å². The quantitative estimate of drug-likeness (QED) is 0.319. The lowest BCUT2D eigenvalue weighted by Crippen LogP contribution is -2.28. The summed E-state index contributed by atoms with van der Waals surface area (Å²) in [6.45, 7) is 4.54. The predicted molar refractivity (Wildman–Crippen MR) is 143 cm³/mol. The number of amides is 1. The van der Waals surface area contributed by atoms with Crippen LogP contribution in [0.3, 0.4) is 0 Å². The summed E-state index contributed by atoms with van der Waals surface area (Å²) in [5, 5.41) is 12.4. The number of ether oxygens (including phenoxy) is 1. The second-order valence-electron chi connectivity index (χ2n) is 8.85. The monoisotopic (exact) mass is 493 g/mol. The third-order valence-corrected chi connectivity index (χ3v) is 5.91. The van der Waals surface area contributed by atoms with Crippen molar-refractivity contribution in [3.8, 4) is 28.3 Å². The molecule has 0 radical (unpaired) electrons. The van der Waals surface area contributed by atoms with Crippen molar-refractivity contribution < 1.29 is 9.53 Å². The van der Waals surface area contributed by atoms with Gasteiger partial charge in [-0.05, 0) is 44.2 Å². The van der Waals surface area contributed by atoms with Crippen molar-refractivity contribution in [3.05, 3.63) is 107 Å². The summed E-state index contributed by atoms with van der Waals surface area (Å²) >= 11 is 0. The van der Waals surface area contributed by atoms with Gasteiger partial charge in [0, 0.05) is 23.4 Å². The number of aromatic nitrogens is 4. The minimum atomic E-state index is -0.215. The molecule has 2 aromatic carbocycles. The number of para-hydroxylation sites is 1. The summed E-state index contributed by atoms with van der Waals surface area (Å²) in [6, 6.07) is 25.9. The maximum atomic E-state index is 13.0. The second kappa shape index (κ2) is 10.5. The predicted octanol–water partition coefficient (Wildman–Crippen LogP) is 4.61. The van der Waals surface area contributed by atoms with E-state index in [4.69, 9.17) is 9.84 Å². The lowest BCUT2D eigenvalue weighted by atomic mass is 10.0. The van der Waals surface area contributed by atoms with Crippen LogP contribution in [0.2, 0.25) is 0 Å². The molecule has 5 aromatic rings. The number of nitrogens with one attached hydrogen (secondary N) is 1. The van der Waals surface area contributed by atoms with Gasteiger partial charge in [-0.25, -0.2) is 9.20 Å². The Balaban J connectivity index is 1.49. The minimum absolute atomic E-state index is 0.103. The van der Waals surface area contributed by atoms with Gasteiger partial charge in [0.05, 0.1) is 29.4 Å². The fraction of sp³-hybridized carbons (Fsp3) is 0.172. The lowest BCUT2D eigenvalue weighted by molar-refractivity contribution is 0.0947. The molecule has 3 heterocycles. The lowest BCUT2D eigenvalue weighted by Gasteiger charge is -2.11. The number of nitrogens with zero attached hydrogens (tertiary/aromatic N) is 4. The molecule has 8 nitrogen and oxygen atoms in total. The molecule has 0 saturated heterocycles. The Kier molecular flexibility index (Phi) is 6.81. The number of hydrogen-bond donors (Lipinski definition) is 1. The fourth-order valence-electron chi connectivity index (χ4n) is 4.12. The number of benzene rings is 2. The van der Waals surface area contributed by atoms with Gasteiger partial charge in [-0.3, -0.25) is 9.59 Å². The van der Waals surface area contributed by atoms with Crippen molar-refractivity contribution in [2.75, 3.05) is 13.2 Å². The van der Waals surface area contributed by atoms with E-state index >= 15 is 0 Å². The first-order chi connectivity index (χ1) is 18.0. The van der Waals surface area contributed by atoms with Crippen LogP contribution in [-0.2, 0) is 0 Å². The summed E-state index contributed by atoms with van der Waals surface area (Å²) in [6.07, 6.45) is 1.76. The van der Waals surface area contributed by atoms with Crippen molar-refractivity contribution in [2.24, 2.45) is 0 Å². The molecule has 0 saturated carbocycles. The molecule has 3 aromatic heterocycles. The fourth-order valence-corrected chi connectivity index (χ4v) is 4.12. The van der Waals surface area contributed by atoms with Crippen molar-refractivity contribution in [1.29, 1.82) is 0 Å². The Hall–Kier alpha value is -4.72. The number of pyridine rings is 1. The van der Waals surface area contributed by atoms with Crippen LogP contribution in [0.25, 0.3) is 28.0 Å². The summed E-state index contributed by atoms with van der Waals surface area (Å²) < 4.78 is 8.86. The molecule has 0 bridgehead atoms. The number of carbonyl (C=O) groups is 1. The first kappa shape index (κ1) is 24.0. The third-order valence-electron chi connectivity index (χ3n) is 5.91. The molecule has 5 rings (SSSR count). The van der Waals surface area contributed by atoms with Crippen LogP contribution in [0.15, 0.2) is 95.9 Å². The zero-order valence-electron chi connectivity index (χ0n) is 20.7. The highest BCUT2D eigenvalue weighted by atomic mass is 16.5. The molecule has 0 aliphatic heterocycles. The molecule has 0 unspecified atom stereocenters. The molecular formula is C29H27N5O3. The van der Waals surface area contributed by atoms with Gasteiger partial charge in [-0.2, -0.15) is 10.2 Å². The smallest absolute Gasteiger partial charge is 0.267 e. The standard InChI is InChI=1S/C29H27N5O3/c1-20(2)34-26(35)14-13-24(31-34)27-25-19-22(29(36)30-16-18-37-23-11-7-4-8-12-23)15-17-33(25)32-28(27)21-9-5-3-6-10-21/h3-15,17,19-20H,16,18H2,1-2H3,(H,30,36). The van der Waals surface area contributed by atoms with E-state index in [1.165, 1.54) is 10.7 Å². The first-order valence-electron chi connectivity index (χ1n) is 12.2. The van der Waals surface area contributed by atoms with Crippen LogP contribution in [0, 0.1) is 0 Å². The summed E-state index contributed by atoms with van der Waals surface area (Å²) in [5.41, 5.74) is 4.02. The van der Waals surface area contributed by atoms with Gasteiger partial charge in [0.2, 0.25) is 0 Å². The Labute approximate surface area is 214 Å². The Morgan fingerprint density at radius 1 is 0.946 bits per heavy atom. The molecule has 0 fully saturated rings. The zero-order valence-corrected chi connectivity index (χ0v) is 20.7. The van der Waals surface area contributed by atoms with E-state index in [0.29, 0.717) is 29.9 Å². The average Bonchev–Trinajstić information content (AvgIpc) is 3.31. The van der Waals surface area contributed by atoms with Gasteiger partial charge in [0.1, 0.15) is 18.1 Å². The van der Waals surface area contributed by atoms with Crippen molar-refractivity contribution in [3.63, 3.8) is 0 Å². The van der Waals surface area contributed by atoms with E-state index in [9.17, 15) is 9.59 Å². The molecule has 0 spiro atoms. The van der Waals surface area contributed by atoms with E-state index < -0.39 is 0 Å². The van der Waals surface area contributed by atoms with Gasteiger partial charge < -0.3 is 10.1 Å². The van der Waals surface area contributed by atoms with Gasteiger partial charge >= 0.3 is 0 Å².